The van der Waals surface area contributed by atoms with Crippen molar-refractivity contribution in [1.82, 2.24) is 9.55 Å². The molecule has 1 fully saturated rings. The molecule has 0 spiro atoms. The summed E-state index contributed by atoms with van der Waals surface area (Å²) in [4.78, 5) is 49.2. The van der Waals surface area contributed by atoms with Crippen LogP contribution in [0.5, 0.6) is 0 Å². The first-order valence-corrected chi connectivity index (χ1v) is 8.18. The van der Waals surface area contributed by atoms with Crippen molar-refractivity contribution in [2.24, 2.45) is 0 Å². The average molecular weight is 403 g/mol. The van der Waals surface area contributed by atoms with Crippen LogP contribution in [0.1, 0.15) is 33.9 Å². The molecule has 1 unspecified atom stereocenters. The van der Waals surface area contributed by atoms with E-state index in [1.165, 1.54) is 13.8 Å². The maximum Gasteiger partial charge on any atom is 0.351 e. The SMILES string of the molecule is CC(=O)Nc1ccn([C@@H]2OC([C@H](C)OC(C)=O)[C@@H](OC(C)=O)C2(F)F)c(=O)n1. The summed E-state index contributed by atoms with van der Waals surface area (Å²) in [7, 11) is 0. The highest BCUT2D eigenvalue weighted by molar-refractivity contribution is 5.87. The van der Waals surface area contributed by atoms with Crippen LogP contribution in [0.3, 0.4) is 0 Å². The lowest BCUT2D eigenvalue weighted by Gasteiger charge is -2.25. The predicted octanol–water partition coefficient (Wildman–Crippen LogP) is 0.618. The fraction of sp³-hybridized carbons (Fsp3) is 0.562. The molecule has 2 rings (SSSR count). The molecule has 1 amide bonds. The molecule has 1 aliphatic rings. The minimum atomic E-state index is -3.84. The van der Waals surface area contributed by atoms with Crippen LogP contribution >= 0.6 is 0 Å². The highest BCUT2D eigenvalue weighted by Crippen LogP contribution is 2.45. The molecular formula is C16H19F2N3O7. The predicted molar refractivity (Wildman–Crippen MR) is 88.4 cm³/mol. The second-order valence-electron chi connectivity index (χ2n) is 6.16. The fourth-order valence-electron chi connectivity index (χ4n) is 2.77. The summed E-state index contributed by atoms with van der Waals surface area (Å²) in [5.41, 5.74) is -1.13. The van der Waals surface area contributed by atoms with Gasteiger partial charge in [-0.2, -0.15) is 13.8 Å². The van der Waals surface area contributed by atoms with Gasteiger partial charge >= 0.3 is 23.6 Å². The van der Waals surface area contributed by atoms with Gasteiger partial charge < -0.3 is 19.5 Å². The van der Waals surface area contributed by atoms with Gasteiger partial charge in [0.25, 0.3) is 0 Å². The summed E-state index contributed by atoms with van der Waals surface area (Å²) >= 11 is 0. The Morgan fingerprint density at radius 3 is 2.43 bits per heavy atom. The van der Waals surface area contributed by atoms with Gasteiger partial charge in [-0.15, -0.1) is 0 Å². The number of aromatic nitrogens is 2. The summed E-state index contributed by atoms with van der Waals surface area (Å²) in [6, 6.07) is 1.13. The van der Waals surface area contributed by atoms with Gasteiger partial charge in [-0.3, -0.25) is 19.0 Å². The van der Waals surface area contributed by atoms with Crippen molar-refractivity contribution in [2.75, 3.05) is 5.32 Å². The first kappa shape index (κ1) is 21.4. The zero-order chi connectivity index (χ0) is 21.2. The van der Waals surface area contributed by atoms with E-state index in [0.717, 1.165) is 26.1 Å². The second-order valence-corrected chi connectivity index (χ2v) is 6.16. The number of rotatable bonds is 5. The van der Waals surface area contributed by atoms with E-state index in [-0.39, 0.29) is 5.82 Å². The quantitative estimate of drug-likeness (QED) is 0.709. The van der Waals surface area contributed by atoms with Crippen LogP contribution in [-0.4, -0.2) is 51.6 Å². The molecule has 0 saturated carbocycles. The van der Waals surface area contributed by atoms with Crippen molar-refractivity contribution in [1.29, 1.82) is 0 Å². The summed E-state index contributed by atoms with van der Waals surface area (Å²) in [6.07, 6.45) is -6.05. The highest BCUT2D eigenvalue weighted by Gasteiger charge is 2.64. The molecule has 1 aliphatic heterocycles. The van der Waals surface area contributed by atoms with E-state index in [2.05, 4.69) is 10.3 Å². The minimum absolute atomic E-state index is 0.128. The zero-order valence-corrected chi connectivity index (χ0v) is 15.5. The Bertz CT molecular complexity index is 842. The molecule has 0 bridgehead atoms. The number of carbonyl (C=O) groups is 3. The number of nitrogens with zero attached hydrogens (tertiary/aromatic N) is 2. The van der Waals surface area contributed by atoms with E-state index in [1.807, 2.05) is 0 Å². The van der Waals surface area contributed by atoms with Crippen molar-refractivity contribution < 1.29 is 37.4 Å². The Kier molecular flexibility index (Phi) is 6.12. The third-order valence-corrected chi connectivity index (χ3v) is 3.79. The molecule has 10 nitrogen and oxygen atoms in total. The zero-order valence-electron chi connectivity index (χ0n) is 15.5. The van der Waals surface area contributed by atoms with Gasteiger partial charge in [-0.25, -0.2) is 4.79 Å². The van der Waals surface area contributed by atoms with Gasteiger partial charge in [0.2, 0.25) is 12.1 Å². The minimum Gasteiger partial charge on any atom is -0.460 e. The molecule has 1 aromatic rings. The van der Waals surface area contributed by atoms with Crippen LogP contribution in [0, 0.1) is 0 Å². The number of nitrogens with one attached hydrogen (secondary N) is 1. The molecule has 154 valence electrons. The molecule has 0 radical (unpaired) electrons. The lowest BCUT2D eigenvalue weighted by molar-refractivity contribution is -0.176. The number of ether oxygens (including phenoxy) is 3. The Hall–Kier alpha value is -2.89. The van der Waals surface area contributed by atoms with E-state index in [9.17, 15) is 28.0 Å². The molecule has 1 aromatic heterocycles. The normalized spacial score (nSPS) is 24.3. The lowest BCUT2D eigenvalue weighted by Crippen LogP contribution is -2.46. The summed E-state index contributed by atoms with van der Waals surface area (Å²) in [5, 5.41) is 2.25. The number of alkyl halides is 2. The van der Waals surface area contributed by atoms with Gasteiger partial charge in [0, 0.05) is 27.0 Å². The monoisotopic (exact) mass is 403 g/mol. The molecule has 28 heavy (non-hydrogen) atoms. The van der Waals surface area contributed by atoms with Gasteiger partial charge in [0.1, 0.15) is 18.0 Å². The van der Waals surface area contributed by atoms with Crippen LogP contribution in [0.2, 0.25) is 0 Å². The van der Waals surface area contributed by atoms with Gasteiger partial charge in [0.15, 0.2) is 6.10 Å². The van der Waals surface area contributed by atoms with E-state index >= 15 is 0 Å². The average Bonchev–Trinajstić information content (AvgIpc) is 2.77. The van der Waals surface area contributed by atoms with E-state index in [4.69, 9.17) is 14.2 Å². The Labute approximate surface area is 157 Å². The first-order valence-electron chi connectivity index (χ1n) is 8.18. The number of anilines is 1. The van der Waals surface area contributed by atoms with Crippen molar-refractivity contribution >= 4 is 23.7 Å². The smallest absolute Gasteiger partial charge is 0.351 e. The molecule has 4 atom stereocenters. The largest absolute Gasteiger partial charge is 0.460 e. The van der Waals surface area contributed by atoms with Crippen LogP contribution < -0.4 is 11.0 Å². The third-order valence-electron chi connectivity index (χ3n) is 3.79. The van der Waals surface area contributed by atoms with Gasteiger partial charge in [-0.1, -0.05) is 0 Å². The Morgan fingerprint density at radius 1 is 1.29 bits per heavy atom. The maximum atomic E-state index is 15.0. The third kappa shape index (κ3) is 4.50. The maximum absolute atomic E-state index is 15.0. The molecule has 1 saturated heterocycles. The molecule has 12 heteroatoms. The Balaban J connectivity index is 2.41. The van der Waals surface area contributed by atoms with E-state index < -0.39 is 54.0 Å². The second kappa shape index (κ2) is 8.00. The molecule has 0 aliphatic carbocycles. The fourth-order valence-corrected chi connectivity index (χ4v) is 2.77. The standard InChI is InChI=1S/C16H19F2N3O7/c1-7(26-9(3)23)12-13(27-10(4)24)16(17,18)14(28-12)21-6-5-11(19-8(2)22)20-15(21)25/h5-7,12-14H,1-4H3,(H,19,20,22,25)/t7-,12?,13+,14+/m0/s1. The van der Waals surface area contributed by atoms with Crippen molar-refractivity contribution in [3.8, 4) is 0 Å². The molecular weight excluding hydrogens is 384 g/mol. The van der Waals surface area contributed by atoms with E-state index in [1.54, 1.807) is 0 Å². The first-order chi connectivity index (χ1) is 12.9. The number of halogens is 2. The van der Waals surface area contributed by atoms with Crippen LogP contribution in [0.4, 0.5) is 14.6 Å². The van der Waals surface area contributed by atoms with Crippen molar-refractivity contribution in [3.63, 3.8) is 0 Å². The number of amides is 1. The Morgan fingerprint density at radius 2 is 1.93 bits per heavy atom. The van der Waals surface area contributed by atoms with Crippen molar-refractivity contribution in [3.05, 3.63) is 22.7 Å². The number of carbonyl (C=O) groups excluding carboxylic acids is 3. The topological polar surface area (TPSA) is 126 Å². The van der Waals surface area contributed by atoms with Crippen LogP contribution in [-0.2, 0) is 28.6 Å². The van der Waals surface area contributed by atoms with Crippen LogP contribution in [0.15, 0.2) is 17.1 Å². The lowest BCUT2D eigenvalue weighted by atomic mass is 10.1. The summed E-state index contributed by atoms with van der Waals surface area (Å²) in [6.45, 7) is 4.50. The van der Waals surface area contributed by atoms with Crippen LogP contribution in [0.25, 0.3) is 0 Å². The van der Waals surface area contributed by atoms with Gasteiger partial charge in [-0.05, 0) is 13.0 Å². The highest BCUT2D eigenvalue weighted by atomic mass is 19.3. The van der Waals surface area contributed by atoms with Crippen molar-refractivity contribution in [2.45, 2.75) is 58.2 Å². The summed E-state index contributed by atoms with van der Waals surface area (Å²) in [5.74, 6) is -6.22. The number of hydrogen-bond donors (Lipinski definition) is 1. The van der Waals surface area contributed by atoms with Gasteiger partial charge in [0.05, 0.1) is 0 Å². The van der Waals surface area contributed by atoms with E-state index in [0.29, 0.717) is 4.57 Å². The number of esters is 2. The molecule has 2 heterocycles. The molecule has 1 N–H and O–H groups in total. The molecule has 0 aromatic carbocycles. The number of hydrogen-bond acceptors (Lipinski definition) is 8. The summed E-state index contributed by atoms with van der Waals surface area (Å²) < 4.78 is 45.3.